The topological polar surface area (TPSA) is 77.8 Å². The van der Waals surface area contributed by atoms with Crippen LogP contribution in [-0.4, -0.2) is 31.3 Å². The second kappa shape index (κ2) is 5.18. The molecule has 2 heterocycles. The molecule has 0 unspecified atom stereocenters. The van der Waals surface area contributed by atoms with Crippen molar-refractivity contribution in [2.75, 3.05) is 11.9 Å². The van der Waals surface area contributed by atoms with Crippen molar-refractivity contribution in [2.24, 2.45) is 7.05 Å². The van der Waals surface area contributed by atoms with E-state index in [1.807, 2.05) is 13.8 Å². The predicted octanol–water partition coefficient (Wildman–Crippen LogP) is 1.79. The summed E-state index contributed by atoms with van der Waals surface area (Å²) >= 11 is 5.79. The molecule has 0 saturated heterocycles. The normalized spacial score (nSPS) is 10.4. The van der Waals surface area contributed by atoms with Crippen molar-refractivity contribution < 1.29 is 4.74 Å². The molecule has 1 N–H and O–H groups in total. The molecule has 0 aliphatic carbocycles. The molecule has 2 aromatic heterocycles. The average Bonchev–Trinajstić information content (AvgIpc) is 2.57. The van der Waals surface area contributed by atoms with Gasteiger partial charge in [-0.3, -0.25) is 0 Å². The molecule has 0 spiro atoms. The number of halogens is 1. The van der Waals surface area contributed by atoms with Gasteiger partial charge in [-0.25, -0.2) is 4.68 Å². The second-order valence-corrected chi connectivity index (χ2v) is 3.93. The molecule has 2 rings (SSSR count). The number of hydrogen-bond acceptors (Lipinski definition) is 6. The number of nitrogens with zero attached hydrogens (tertiary/aromatic N) is 5. The lowest BCUT2D eigenvalue weighted by atomic mass is 10.5. The molecule has 0 bridgehead atoms. The molecule has 0 aliphatic heterocycles. The lowest BCUT2D eigenvalue weighted by Crippen LogP contribution is -2.05. The lowest BCUT2D eigenvalue weighted by molar-refractivity contribution is 0.398. The van der Waals surface area contributed by atoms with E-state index in [-0.39, 0.29) is 11.3 Å². The van der Waals surface area contributed by atoms with E-state index in [1.54, 1.807) is 17.8 Å². The van der Waals surface area contributed by atoms with Crippen LogP contribution in [0.15, 0.2) is 6.07 Å². The maximum absolute atomic E-state index is 5.79. The van der Waals surface area contributed by atoms with E-state index in [1.165, 1.54) is 0 Å². The molecule has 0 aliphatic rings. The second-order valence-electron chi connectivity index (χ2n) is 3.59. The van der Waals surface area contributed by atoms with Crippen LogP contribution in [0.2, 0.25) is 5.28 Å². The SMILES string of the molecule is CCNc1nc(Cl)nc(Oc2cc(C)nn2C)n1. The Labute approximate surface area is 109 Å². The fourth-order valence-electron chi connectivity index (χ4n) is 1.39. The van der Waals surface area contributed by atoms with Crippen molar-refractivity contribution in [2.45, 2.75) is 13.8 Å². The van der Waals surface area contributed by atoms with Gasteiger partial charge in [-0.1, -0.05) is 0 Å². The van der Waals surface area contributed by atoms with E-state index in [9.17, 15) is 0 Å². The van der Waals surface area contributed by atoms with E-state index in [4.69, 9.17) is 16.3 Å². The molecule has 8 heteroatoms. The zero-order valence-electron chi connectivity index (χ0n) is 10.3. The van der Waals surface area contributed by atoms with Crippen LogP contribution in [0, 0.1) is 6.92 Å². The van der Waals surface area contributed by atoms with Crippen molar-refractivity contribution in [1.82, 2.24) is 24.7 Å². The summed E-state index contributed by atoms with van der Waals surface area (Å²) in [4.78, 5) is 11.9. The van der Waals surface area contributed by atoms with Crippen LogP contribution in [0.25, 0.3) is 0 Å². The Morgan fingerprint density at radius 3 is 2.78 bits per heavy atom. The van der Waals surface area contributed by atoms with Gasteiger partial charge in [-0.2, -0.15) is 20.1 Å². The number of aromatic nitrogens is 5. The summed E-state index contributed by atoms with van der Waals surface area (Å²) in [5.41, 5.74) is 0.847. The molecule has 0 fully saturated rings. The highest BCUT2D eigenvalue weighted by Crippen LogP contribution is 2.20. The Hall–Kier alpha value is -1.89. The maximum atomic E-state index is 5.79. The maximum Gasteiger partial charge on any atom is 0.329 e. The van der Waals surface area contributed by atoms with Crippen LogP contribution in [0.5, 0.6) is 11.9 Å². The van der Waals surface area contributed by atoms with Gasteiger partial charge in [0.1, 0.15) is 0 Å². The number of nitrogens with one attached hydrogen (secondary N) is 1. The first kappa shape index (κ1) is 12.6. The van der Waals surface area contributed by atoms with E-state index in [2.05, 4.69) is 25.4 Å². The third-order valence-electron chi connectivity index (χ3n) is 2.08. The van der Waals surface area contributed by atoms with E-state index in [0.717, 1.165) is 5.69 Å². The first-order chi connectivity index (χ1) is 8.58. The summed E-state index contributed by atoms with van der Waals surface area (Å²) in [6, 6.07) is 1.92. The van der Waals surface area contributed by atoms with Crippen LogP contribution in [0.3, 0.4) is 0 Å². The number of hydrogen-bond donors (Lipinski definition) is 1. The largest absolute Gasteiger partial charge is 0.405 e. The molecule has 18 heavy (non-hydrogen) atoms. The van der Waals surface area contributed by atoms with Gasteiger partial charge in [0.05, 0.1) is 5.69 Å². The average molecular weight is 269 g/mol. The Balaban J connectivity index is 2.25. The first-order valence-corrected chi connectivity index (χ1v) is 5.80. The third-order valence-corrected chi connectivity index (χ3v) is 2.25. The third kappa shape index (κ3) is 2.86. The molecule has 2 aromatic rings. The fourth-order valence-corrected chi connectivity index (χ4v) is 1.54. The van der Waals surface area contributed by atoms with Gasteiger partial charge >= 0.3 is 6.01 Å². The molecule has 0 saturated carbocycles. The smallest absolute Gasteiger partial charge is 0.329 e. The molecule has 96 valence electrons. The molecule has 0 radical (unpaired) electrons. The quantitative estimate of drug-likeness (QED) is 0.911. The minimum atomic E-state index is 0.0786. The number of anilines is 1. The van der Waals surface area contributed by atoms with E-state index in [0.29, 0.717) is 18.4 Å². The number of rotatable bonds is 4. The van der Waals surface area contributed by atoms with Gasteiger partial charge in [0, 0.05) is 19.7 Å². The number of aryl methyl sites for hydroxylation is 2. The Bertz CT molecular complexity index is 555. The van der Waals surface area contributed by atoms with Gasteiger partial charge in [-0.05, 0) is 25.4 Å². The standard InChI is InChI=1S/C10H13ClN6O/c1-4-12-9-13-8(11)14-10(15-9)18-7-5-6(2)16-17(7)3/h5H,4H2,1-3H3,(H,12,13,14,15). The van der Waals surface area contributed by atoms with Crippen molar-refractivity contribution in [3.8, 4) is 11.9 Å². The van der Waals surface area contributed by atoms with Gasteiger partial charge in [0.15, 0.2) is 0 Å². The highest BCUT2D eigenvalue weighted by Gasteiger charge is 2.09. The van der Waals surface area contributed by atoms with Crippen molar-refractivity contribution in [3.63, 3.8) is 0 Å². The van der Waals surface area contributed by atoms with Gasteiger partial charge in [0.25, 0.3) is 0 Å². The summed E-state index contributed by atoms with van der Waals surface area (Å²) in [6.45, 7) is 4.49. The van der Waals surface area contributed by atoms with Crippen molar-refractivity contribution >= 4 is 17.5 Å². The van der Waals surface area contributed by atoms with E-state index < -0.39 is 0 Å². The Morgan fingerprint density at radius 2 is 2.17 bits per heavy atom. The molecule has 7 nitrogen and oxygen atoms in total. The fraction of sp³-hybridized carbons (Fsp3) is 0.400. The minimum absolute atomic E-state index is 0.0786. The minimum Gasteiger partial charge on any atom is -0.405 e. The van der Waals surface area contributed by atoms with Crippen LogP contribution in [0.1, 0.15) is 12.6 Å². The summed E-state index contributed by atoms with van der Waals surface area (Å²) < 4.78 is 7.11. The highest BCUT2D eigenvalue weighted by atomic mass is 35.5. The van der Waals surface area contributed by atoms with Crippen molar-refractivity contribution in [1.29, 1.82) is 0 Å². The van der Waals surface area contributed by atoms with Gasteiger partial charge < -0.3 is 10.1 Å². The zero-order valence-corrected chi connectivity index (χ0v) is 11.1. The van der Waals surface area contributed by atoms with Crippen LogP contribution in [0.4, 0.5) is 5.95 Å². The first-order valence-electron chi connectivity index (χ1n) is 5.42. The molecular weight excluding hydrogens is 256 g/mol. The molecule has 0 atom stereocenters. The Kier molecular flexibility index (Phi) is 3.61. The summed E-state index contributed by atoms with van der Waals surface area (Å²) in [5, 5.41) is 7.18. The monoisotopic (exact) mass is 268 g/mol. The molecule has 0 amide bonds. The number of ether oxygens (including phenoxy) is 1. The summed E-state index contributed by atoms with van der Waals surface area (Å²) in [5.74, 6) is 0.920. The van der Waals surface area contributed by atoms with Gasteiger partial charge in [-0.15, -0.1) is 0 Å². The lowest BCUT2D eigenvalue weighted by Gasteiger charge is -2.05. The summed E-state index contributed by atoms with van der Waals surface area (Å²) in [7, 11) is 1.77. The summed E-state index contributed by atoms with van der Waals surface area (Å²) in [6.07, 6.45) is 0. The van der Waals surface area contributed by atoms with Crippen LogP contribution >= 0.6 is 11.6 Å². The predicted molar refractivity (Wildman–Crippen MR) is 67.0 cm³/mol. The zero-order chi connectivity index (χ0) is 13.1. The molecule has 0 aromatic carbocycles. The van der Waals surface area contributed by atoms with Gasteiger partial charge in [0.2, 0.25) is 17.1 Å². The van der Waals surface area contributed by atoms with Crippen LogP contribution < -0.4 is 10.1 Å². The molecular formula is C10H13ClN6O. The Morgan fingerprint density at radius 1 is 1.39 bits per heavy atom. The van der Waals surface area contributed by atoms with E-state index >= 15 is 0 Å². The highest BCUT2D eigenvalue weighted by molar-refractivity contribution is 6.28. The van der Waals surface area contributed by atoms with Crippen LogP contribution in [-0.2, 0) is 7.05 Å². The van der Waals surface area contributed by atoms with Crippen molar-refractivity contribution in [3.05, 3.63) is 17.0 Å².